The molecular formula is C17H23N3O. The van der Waals surface area contributed by atoms with E-state index >= 15 is 0 Å². The van der Waals surface area contributed by atoms with Crippen molar-refractivity contribution in [1.82, 2.24) is 9.88 Å². The van der Waals surface area contributed by atoms with Gasteiger partial charge in [0.25, 0.3) is 5.91 Å². The molecule has 4 nitrogen and oxygen atoms in total. The number of nitrogens with one attached hydrogen (secondary N) is 1. The average Bonchev–Trinajstić information content (AvgIpc) is 2.51. The Labute approximate surface area is 126 Å². The Kier molecular flexibility index (Phi) is 4.78. The molecule has 0 saturated carbocycles. The number of nitrogens with zero attached hydrogens (tertiary/aromatic N) is 2. The Balaban J connectivity index is 2.49. The lowest BCUT2D eigenvalue weighted by atomic mass is 10.1. The summed E-state index contributed by atoms with van der Waals surface area (Å²) in [6.07, 6.45) is 2.72. The molecule has 1 amide bonds. The van der Waals surface area contributed by atoms with Gasteiger partial charge in [-0.25, -0.2) is 4.98 Å². The minimum atomic E-state index is 0.00995. The van der Waals surface area contributed by atoms with Crippen LogP contribution in [0.4, 0.5) is 5.82 Å². The molecule has 21 heavy (non-hydrogen) atoms. The zero-order chi connectivity index (χ0) is 15.4. The second kappa shape index (κ2) is 6.57. The molecule has 0 bridgehead atoms. The van der Waals surface area contributed by atoms with Crippen molar-refractivity contribution < 1.29 is 4.79 Å². The maximum Gasteiger partial charge on any atom is 0.256 e. The van der Waals surface area contributed by atoms with Gasteiger partial charge in [0.15, 0.2) is 0 Å². The van der Waals surface area contributed by atoms with Crippen molar-refractivity contribution in [2.24, 2.45) is 0 Å². The standard InChI is InChI=1S/C17H23N3O/c1-5-10-18-16-14-9-7-6-8-13(14)15(11-19-16)17(21)20(4)12(2)3/h6-9,11-12H,5,10H2,1-4H3,(H,18,19). The Morgan fingerprint density at radius 3 is 2.57 bits per heavy atom. The Morgan fingerprint density at radius 2 is 1.95 bits per heavy atom. The van der Waals surface area contributed by atoms with Crippen LogP contribution in [0.15, 0.2) is 30.5 Å². The molecule has 0 fully saturated rings. The lowest BCUT2D eigenvalue weighted by Gasteiger charge is -2.22. The van der Waals surface area contributed by atoms with Gasteiger partial charge in [-0.2, -0.15) is 0 Å². The summed E-state index contributed by atoms with van der Waals surface area (Å²) < 4.78 is 0. The van der Waals surface area contributed by atoms with E-state index in [1.807, 2.05) is 45.2 Å². The van der Waals surface area contributed by atoms with Crippen LogP contribution in [-0.2, 0) is 0 Å². The van der Waals surface area contributed by atoms with E-state index in [1.54, 1.807) is 11.1 Å². The second-order valence-corrected chi connectivity index (χ2v) is 5.50. The van der Waals surface area contributed by atoms with Gasteiger partial charge in [0.2, 0.25) is 0 Å². The predicted octanol–water partition coefficient (Wildman–Crippen LogP) is 3.54. The number of carbonyl (C=O) groups is 1. The quantitative estimate of drug-likeness (QED) is 0.914. The SMILES string of the molecule is CCCNc1ncc(C(=O)N(C)C(C)C)c2ccccc12. The number of pyridine rings is 1. The third-order valence-corrected chi connectivity index (χ3v) is 3.66. The summed E-state index contributed by atoms with van der Waals surface area (Å²) in [5.74, 6) is 0.854. The summed E-state index contributed by atoms with van der Waals surface area (Å²) in [4.78, 5) is 18.8. The molecule has 2 aromatic rings. The number of carbonyl (C=O) groups excluding carboxylic acids is 1. The van der Waals surface area contributed by atoms with Crippen molar-refractivity contribution in [2.45, 2.75) is 33.2 Å². The number of benzene rings is 1. The molecule has 0 aliphatic carbocycles. The van der Waals surface area contributed by atoms with Gasteiger partial charge in [-0.1, -0.05) is 31.2 Å². The van der Waals surface area contributed by atoms with Crippen LogP contribution in [-0.4, -0.2) is 35.4 Å². The van der Waals surface area contributed by atoms with Crippen molar-refractivity contribution in [3.05, 3.63) is 36.0 Å². The van der Waals surface area contributed by atoms with Gasteiger partial charge >= 0.3 is 0 Å². The summed E-state index contributed by atoms with van der Waals surface area (Å²) >= 11 is 0. The predicted molar refractivity (Wildman–Crippen MR) is 87.8 cm³/mol. The number of hydrogen-bond acceptors (Lipinski definition) is 3. The van der Waals surface area contributed by atoms with E-state index in [0.29, 0.717) is 5.56 Å². The van der Waals surface area contributed by atoms with E-state index in [9.17, 15) is 4.79 Å². The van der Waals surface area contributed by atoms with Gasteiger partial charge in [-0.15, -0.1) is 0 Å². The van der Waals surface area contributed by atoms with Crippen LogP contribution in [0.25, 0.3) is 10.8 Å². The number of fused-ring (bicyclic) bond motifs is 1. The first-order valence-corrected chi connectivity index (χ1v) is 7.45. The van der Waals surface area contributed by atoms with Gasteiger partial charge < -0.3 is 10.2 Å². The number of rotatable bonds is 5. The van der Waals surface area contributed by atoms with E-state index in [4.69, 9.17) is 0 Å². The van der Waals surface area contributed by atoms with Crippen LogP contribution >= 0.6 is 0 Å². The van der Waals surface area contributed by atoms with Crippen LogP contribution in [0.1, 0.15) is 37.6 Å². The van der Waals surface area contributed by atoms with Crippen molar-refractivity contribution in [3.63, 3.8) is 0 Å². The van der Waals surface area contributed by atoms with Gasteiger partial charge in [0.05, 0.1) is 5.56 Å². The van der Waals surface area contributed by atoms with Crippen molar-refractivity contribution >= 4 is 22.5 Å². The smallest absolute Gasteiger partial charge is 0.256 e. The highest BCUT2D eigenvalue weighted by Gasteiger charge is 2.18. The largest absolute Gasteiger partial charge is 0.370 e. The van der Waals surface area contributed by atoms with Crippen LogP contribution in [0, 0.1) is 0 Å². The van der Waals surface area contributed by atoms with Gasteiger partial charge in [-0.3, -0.25) is 4.79 Å². The van der Waals surface area contributed by atoms with E-state index < -0.39 is 0 Å². The molecule has 0 spiro atoms. The summed E-state index contributed by atoms with van der Waals surface area (Å²) in [5.41, 5.74) is 0.656. The first kappa shape index (κ1) is 15.3. The van der Waals surface area contributed by atoms with E-state index in [-0.39, 0.29) is 11.9 Å². The normalized spacial score (nSPS) is 10.9. The maximum absolute atomic E-state index is 12.6. The lowest BCUT2D eigenvalue weighted by Crippen LogP contribution is -2.33. The van der Waals surface area contributed by atoms with Crippen molar-refractivity contribution in [3.8, 4) is 0 Å². The highest BCUT2D eigenvalue weighted by molar-refractivity contribution is 6.09. The van der Waals surface area contributed by atoms with Crippen LogP contribution in [0.2, 0.25) is 0 Å². The Morgan fingerprint density at radius 1 is 1.29 bits per heavy atom. The molecule has 1 aromatic carbocycles. The van der Waals surface area contributed by atoms with Crippen LogP contribution in [0.3, 0.4) is 0 Å². The molecular weight excluding hydrogens is 262 g/mol. The fourth-order valence-electron chi connectivity index (χ4n) is 2.17. The summed E-state index contributed by atoms with van der Waals surface area (Å²) in [7, 11) is 1.82. The minimum absolute atomic E-state index is 0.00995. The minimum Gasteiger partial charge on any atom is -0.370 e. The molecule has 4 heteroatoms. The molecule has 1 N–H and O–H groups in total. The van der Waals surface area contributed by atoms with Crippen LogP contribution < -0.4 is 5.32 Å². The number of hydrogen-bond donors (Lipinski definition) is 1. The summed E-state index contributed by atoms with van der Waals surface area (Å²) in [5, 5.41) is 5.26. The number of anilines is 1. The maximum atomic E-state index is 12.6. The Bertz CT molecular complexity index is 637. The van der Waals surface area contributed by atoms with E-state index in [0.717, 1.165) is 29.6 Å². The molecule has 0 radical (unpaired) electrons. The van der Waals surface area contributed by atoms with E-state index in [2.05, 4.69) is 17.2 Å². The molecule has 0 saturated heterocycles. The van der Waals surface area contributed by atoms with Gasteiger partial charge in [0.1, 0.15) is 5.82 Å². The van der Waals surface area contributed by atoms with Gasteiger partial charge in [0, 0.05) is 31.2 Å². The summed E-state index contributed by atoms with van der Waals surface area (Å²) in [6.45, 7) is 7.00. The molecule has 2 rings (SSSR count). The molecule has 1 heterocycles. The third-order valence-electron chi connectivity index (χ3n) is 3.66. The zero-order valence-corrected chi connectivity index (χ0v) is 13.2. The lowest BCUT2D eigenvalue weighted by molar-refractivity contribution is 0.0756. The average molecular weight is 285 g/mol. The molecule has 112 valence electrons. The van der Waals surface area contributed by atoms with Gasteiger partial charge in [-0.05, 0) is 25.7 Å². The van der Waals surface area contributed by atoms with Crippen LogP contribution in [0.5, 0.6) is 0 Å². The van der Waals surface area contributed by atoms with Crippen molar-refractivity contribution in [1.29, 1.82) is 0 Å². The zero-order valence-electron chi connectivity index (χ0n) is 13.2. The molecule has 0 aliphatic heterocycles. The second-order valence-electron chi connectivity index (χ2n) is 5.50. The molecule has 0 aliphatic rings. The highest BCUT2D eigenvalue weighted by atomic mass is 16.2. The fourth-order valence-corrected chi connectivity index (χ4v) is 2.17. The third kappa shape index (κ3) is 3.15. The molecule has 0 atom stereocenters. The highest BCUT2D eigenvalue weighted by Crippen LogP contribution is 2.25. The monoisotopic (exact) mass is 285 g/mol. The van der Waals surface area contributed by atoms with E-state index in [1.165, 1.54) is 0 Å². The fraction of sp³-hybridized carbons (Fsp3) is 0.412. The summed E-state index contributed by atoms with van der Waals surface area (Å²) in [6, 6.07) is 8.08. The Hall–Kier alpha value is -2.10. The number of aromatic nitrogens is 1. The number of amides is 1. The molecule has 1 aromatic heterocycles. The topological polar surface area (TPSA) is 45.2 Å². The first-order valence-electron chi connectivity index (χ1n) is 7.45. The first-order chi connectivity index (χ1) is 10.1. The molecule has 0 unspecified atom stereocenters. The van der Waals surface area contributed by atoms with Crippen molar-refractivity contribution in [2.75, 3.05) is 18.9 Å².